The van der Waals surface area contributed by atoms with E-state index < -0.39 is 47.0 Å². The van der Waals surface area contributed by atoms with Gasteiger partial charge >= 0.3 is 0 Å². The van der Waals surface area contributed by atoms with Crippen LogP contribution in [0.5, 0.6) is 5.75 Å². The third-order valence-corrected chi connectivity index (χ3v) is 9.05. The van der Waals surface area contributed by atoms with Crippen LogP contribution < -0.4 is 15.4 Å². The number of amides is 3. The number of ether oxygens (including phenoxy) is 1. The number of hydrogen-bond acceptors (Lipinski definition) is 7. The number of carbonyl (C=O) groups is 3. The van der Waals surface area contributed by atoms with Gasteiger partial charge in [0.1, 0.15) is 17.8 Å². The maximum Gasteiger partial charge on any atom is 0.258 e. The number of β-amino-alcohol motifs (C(OH)–C–C–N with tert-alkyl or cyclic N) is 1. The molecule has 2 heterocycles. The van der Waals surface area contributed by atoms with Gasteiger partial charge in [0.15, 0.2) is 5.67 Å². The van der Waals surface area contributed by atoms with Gasteiger partial charge in [0.25, 0.3) is 5.91 Å². The number of allylic oxidation sites excluding steroid dienone is 1. The Morgan fingerprint density at radius 2 is 2.00 bits per heavy atom. The smallest absolute Gasteiger partial charge is 0.258 e. The van der Waals surface area contributed by atoms with Gasteiger partial charge in [-0.05, 0) is 50.2 Å². The maximum atomic E-state index is 14.5. The van der Waals surface area contributed by atoms with Gasteiger partial charge in [0, 0.05) is 31.5 Å². The molecule has 1 aromatic carbocycles. The predicted octanol–water partition coefficient (Wildman–Crippen LogP) is 4.85. The lowest BCUT2D eigenvalue weighted by molar-refractivity contribution is -0.145. The lowest BCUT2D eigenvalue weighted by atomic mass is 9.85. The standard InChI is InChI=1S/C33H45FN4O5S/c1-7-8-9-10-20(2)43-26-15-22(27-21(3)36-19-44-27)11-12-23(26)17-35-29(40)25-16-24(39)18-38(25)30(41)28(32(4,5)6)37-31(42)33(34)13-14-33/h8-9,11-12,15,19-20,24-25,28,39H,7,10,13-14,16-18H2,1-6H3,(H,35,40)(H,37,42)/b9-8-/t20?,24-,25+,28-/m1/s1. The van der Waals surface area contributed by atoms with Gasteiger partial charge in [-0.1, -0.05) is 52.0 Å². The lowest BCUT2D eigenvalue weighted by Gasteiger charge is -2.35. The molecule has 44 heavy (non-hydrogen) atoms. The number of halogens is 1. The first kappa shape index (κ1) is 33.6. The van der Waals surface area contributed by atoms with Crippen molar-refractivity contribution in [3.63, 3.8) is 0 Å². The fourth-order valence-electron chi connectivity index (χ4n) is 5.27. The molecule has 11 heteroatoms. The first-order chi connectivity index (χ1) is 20.7. The molecule has 9 nitrogen and oxygen atoms in total. The van der Waals surface area contributed by atoms with Crippen molar-refractivity contribution in [2.24, 2.45) is 5.41 Å². The Morgan fingerprint density at radius 1 is 1.27 bits per heavy atom. The first-order valence-electron chi connectivity index (χ1n) is 15.3. The largest absolute Gasteiger partial charge is 0.490 e. The molecule has 1 aromatic heterocycles. The van der Waals surface area contributed by atoms with E-state index in [9.17, 15) is 23.9 Å². The summed E-state index contributed by atoms with van der Waals surface area (Å²) in [5, 5.41) is 16.0. The molecular formula is C33H45FN4O5S. The van der Waals surface area contributed by atoms with Crippen molar-refractivity contribution < 1.29 is 28.6 Å². The molecule has 3 amide bonds. The second-order valence-electron chi connectivity index (χ2n) is 13.0. The molecule has 3 N–H and O–H groups in total. The molecule has 1 aliphatic heterocycles. The van der Waals surface area contributed by atoms with Gasteiger partial charge in [0.2, 0.25) is 11.8 Å². The van der Waals surface area contributed by atoms with Crippen molar-refractivity contribution in [1.82, 2.24) is 20.5 Å². The minimum atomic E-state index is -1.94. The zero-order chi connectivity index (χ0) is 32.2. The molecule has 2 aromatic rings. The first-order valence-corrected chi connectivity index (χ1v) is 16.2. The van der Waals surface area contributed by atoms with E-state index in [0.717, 1.165) is 34.5 Å². The van der Waals surface area contributed by atoms with Crippen LogP contribution in [0.1, 0.15) is 78.0 Å². The van der Waals surface area contributed by atoms with Gasteiger partial charge in [-0.3, -0.25) is 14.4 Å². The molecule has 2 aliphatic rings. The van der Waals surface area contributed by atoms with Crippen LogP contribution in [0, 0.1) is 12.3 Å². The van der Waals surface area contributed by atoms with E-state index in [-0.39, 0.29) is 38.5 Å². The number of hydrogen-bond donors (Lipinski definition) is 3. The van der Waals surface area contributed by atoms with Crippen molar-refractivity contribution >= 4 is 29.1 Å². The van der Waals surface area contributed by atoms with Gasteiger partial charge in [-0.15, -0.1) is 11.3 Å². The molecule has 2 fully saturated rings. The van der Waals surface area contributed by atoms with E-state index in [1.54, 1.807) is 37.6 Å². The number of aromatic nitrogens is 1. The summed E-state index contributed by atoms with van der Waals surface area (Å²) in [5.41, 5.74) is 1.78. The van der Waals surface area contributed by atoms with Crippen LogP contribution in [0.2, 0.25) is 0 Å². The summed E-state index contributed by atoms with van der Waals surface area (Å²) in [6, 6.07) is 3.85. The van der Waals surface area contributed by atoms with Crippen LogP contribution in [0.25, 0.3) is 10.4 Å². The zero-order valence-corrected chi connectivity index (χ0v) is 27.3. The van der Waals surface area contributed by atoms with Crippen LogP contribution in [0.3, 0.4) is 0 Å². The van der Waals surface area contributed by atoms with Crippen molar-refractivity contribution in [2.45, 2.75) is 110 Å². The van der Waals surface area contributed by atoms with Crippen LogP contribution in [-0.2, 0) is 20.9 Å². The van der Waals surface area contributed by atoms with Crippen molar-refractivity contribution in [1.29, 1.82) is 0 Å². The quantitative estimate of drug-likeness (QED) is 0.289. The van der Waals surface area contributed by atoms with E-state index in [1.165, 1.54) is 4.90 Å². The SMILES string of the molecule is CC/C=C\CC(C)Oc1cc(-c2scnc2C)ccc1CNC(=O)[C@@H]1C[C@@H](O)CN1C(=O)[C@@H](NC(=O)C1(F)CC1)C(C)(C)C. The number of carbonyl (C=O) groups excluding carboxylic acids is 3. The minimum Gasteiger partial charge on any atom is -0.490 e. The molecular weight excluding hydrogens is 583 g/mol. The summed E-state index contributed by atoms with van der Waals surface area (Å²) >= 11 is 1.55. The van der Waals surface area contributed by atoms with Gasteiger partial charge in [-0.2, -0.15) is 0 Å². The Morgan fingerprint density at radius 3 is 2.61 bits per heavy atom. The van der Waals surface area contributed by atoms with E-state index >= 15 is 0 Å². The van der Waals surface area contributed by atoms with E-state index in [1.807, 2.05) is 32.0 Å². The number of aliphatic hydroxyl groups is 1. The number of nitrogens with one attached hydrogen (secondary N) is 2. The fraction of sp³-hybridized carbons (Fsp3) is 0.576. The Balaban J connectivity index is 1.51. The minimum absolute atomic E-state index is 0.0554. The zero-order valence-electron chi connectivity index (χ0n) is 26.5. The number of benzene rings is 1. The molecule has 4 atom stereocenters. The molecule has 240 valence electrons. The Labute approximate surface area is 263 Å². The Kier molecular flexibility index (Phi) is 10.5. The normalized spacial score (nSPS) is 20.8. The Hall–Kier alpha value is -3.31. The molecule has 4 rings (SSSR count). The number of likely N-dealkylation sites (tertiary alicyclic amines) is 1. The number of rotatable bonds is 12. The van der Waals surface area contributed by atoms with Gasteiger partial charge < -0.3 is 25.4 Å². The summed E-state index contributed by atoms with van der Waals surface area (Å²) in [6.45, 7) is 11.4. The van der Waals surface area contributed by atoms with Crippen molar-refractivity contribution in [3.05, 3.63) is 47.1 Å². The fourth-order valence-corrected chi connectivity index (χ4v) is 6.07. The molecule has 1 unspecified atom stereocenters. The van der Waals surface area contributed by atoms with Crippen molar-refractivity contribution in [3.8, 4) is 16.2 Å². The van der Waals surface area contributed by atoms with E-state index in [2.05, 4.69) is 34.7 Å². The summed E-state index contributed by atoms with van der Waals surface area (Å²) in [5.74, 6) is -1.11. The van der Waals surface area contributed by atoms with Gasteiger partial charge in [-0.25, -0.2) is 9.37 Å². The molecule has 1 saturated carbocycles. The number of thiazole rings is 1. The summed E-state index contributed by atoms with van der Waals surface area (Å²) in [6.07, 6.45) is 5.16. The van der Waals surface area contributed by atoms with Gasteiger partial charge in [0.05, 0.1) is 28.3 Å². The van der Waals surface area contributed by atoms with Crippen molar-refractivity contribution in [2.75, 3.05) is 6.54 Å². The van der Waals surface area contributed by atoms with E-state index in [0.29, 0.717) is 5.75 Å². The average molecular weight is 629 g/mol. The molecule has 0 spiro atoms. The monoisotopic (exact) mass is 628 g/mol. The second-order valence-corrected chi connectivity index (χ2v) is 13.8. The number of aryl methyl sites for hydroxylation is 1. The highest BCUT2D eigenvalue weighted by Gasteiger charge is 2.53. The Bertz CT molecular complexity index is 1380. The highest BCUT2D eigenvalue weighted by Crippen LogP contribution is 2.40. The third-order valence-electron chi connectivity index (χ3n) is 8.08. The lowest BCUT2D eigenvalue weighted by Crippen LogP contribution is -2.59. The average Bonchev–Trinajstić information content (AvgIpc) is 3.37. The predicted molar refractivity (Wildman–Crippen MR) is 169 cm³/mol. The van der Waals surface area contributed by atoms with Crippen LogP contribution in [0.4, 0.5) is 4.39 Å². The highest BCUT2D eigenvalue weighted by molar-refractivity contribution is 7.13. The molecule has 0 radical (unpaired) electrons. The number of nitrogens with zero attached hydrogens (tertiary/aromatic N) is 2. The third kappa shape index (κ3) is 8.04. The number of aliphatic hydroxyl groups excluding tert-OH is 1. The van der Waals surface area contributed by atoms with Crippen LogP contribution >= 0.6 is 11.3 Å². The summed E-state index contributed by atoms with van der Waals surface area (Å²) in [4.78, 5) is 46.5. The second kappa shape index (κ2) is 13.8. The highest BCUT2D eigenvalue weighted by atomic mass is 32.1. The summed E-state index contributed by atoms with van der Waals surface area (Å²) < 4.78 is 20.8. The van der Waals surface area contributed by atoms with E-state index in [4.69, 9.17) is 4.74 Å². The van der Waals surface area contributed by atoms with Crippen LogP contribution in [0.15, 0.2) is 35.9 Å². The maximum absolute atomic E-state index is 14.5. The molecule has 1 saturated heterocycles. The molecule has 0 bridgehead atoms. The number of alkyl halides is 1. The molecule has 1 aliphatic carbocycles. The van der Waals surface area contributed by atoms with Crippen LogP contribution in [-0.4, -0.2) is 69.2 Å². The summed E-state index contributed by atoms with van der Waals surface area (Å²) in [7, 11) is 0. The topological polar surface area (TPSA) is 121 Å².